The molecule has 0 bridgehead atoms. The van der Waals surface area contributed by atoms with Gasteiger partial charge in [0, 0.05) is 5.39 Å². The van der Waals surface area contributed by atoms with Crippen molar-refractivity contribution in [1.29, 1.82) is 0 Å². The maximum Gasteiger partial charge on any atom is 0.127 e. The molecule has 15 heavy (non-hydrogen) atoms. The van der Waals surface area contributed by atoms with Crippen LogP contribution in [0.4, 0.5) is 0 Å². The lowest BCUT2D eigenvalue weighted by atomic mass is 10.1. The Morgan fingerprint density at radius 2 is 1.87 bits per heavy atom. The number of benzene rings is 2. The quantitative estimate of drug-likeness (QED) is 0.829. The van der Waals surface area contributed by atoms with E-state index in [1.54, 1.807) is 0 Å². The van der Waals surface area contributed by atoms with Crippen LogP contribution in [0.15, 0.2) is 42.5 Å². The van der Waals surface area contributed by atoms with Gasteiger partial charge in [0.25, 0.3) is 0 Å². The monoisotopic (exact) mass is 202 g/mol. The van der Waals surface area contributed by atoms with Crippen molar-refractivity contribution < 1.29 is 9.84 Å². The third-order valence-corrected chi connectivity index (χ3v) is 2.33. The number of rotatable bonds is 3. The van der Waals surface area contributed by atoms with E-state index in [-0.39, 0.29) is 12.7 Å². The van der Waals surface area contributed by atoms with E-state index in [2.05, 4.69) is 0 Å². The predicted octanol–water partition coefficient (Wildman–Crippen LogP) is 2.60. The Bertz CT molecular complexity index is 446. The molecule has 2 rings (SSSR count). The van der Waals surface area contributed by atoms with Crippen molar-refractivity contribution in [3.63, 3.8) is 0 Å². The number of fused-ring (bicyclic) bond motifs is 1. The molecule has 2 aromatic rings. The summed E-state index contributed by atoms with van der Waals surface area (Å²) < 4.78 is 5.63. The summed E-state index contributed by atoms with van der Waals surface area (Å²) in [7, 11) is 0. The zero-order valence-electron chi connectivity index (χ0n) is 8.68. The summed E-state index contributed by atoms with van der Waals surface area (Å²) in [4.78, 5) is 0. The highest BCUT2D eigenvalue weighted by atomic mass is 16.5. The fourth-order valence-electron chi connectivity index (χ4n) is 1.55. The van der Waals surface area contributed by atoms with Crippen LogP contribution >= 0.6 is 0 Å². The minimum atomic E-state index is -0.171. The van der Waals surface area contributed by atoms with Crippen LogP contribution in [0.5, 0.6) is 5.75 Å². The lowest BCUT2D eigenvalue weighted by Gasteiger charge is -2.13. The summed E-state index contributed by atoms with van der Waals surface area (Å²) >= 11 is 0. The average Bonchev–Trinajstić information content (AvgIpc) is 2.29. The van der Waals surface area contributed by atoms with Gasteiger partial charge in [0.15, 0.2) is 0 Å². The molecule has 1 unspecified atom stereocenters. The second-order valence-corrected chi connectivity index (χ2v) is 3.59. The molecule has 0 radical (unpaired) electrons. The van der Waals surface area contributed by atoms with Gasteiger partial charge in [-0.1, -0.05) is 36.4 Å². The zero-order valence-corrected chi connectivity index (χ0v) is 8.68. The normalized spacial score (nSPS) is 12.7. The summed E-state index contributed by atoms with van der Waals surface area (Å²) in [5, 5.41) is 11.2. The van der Waals surface area contributed by atoms with Gasteiger partial charge in [-0.3, -0.25) is 0 Å². The molecule has 2 aromatic carbocycles. The minimum absolute atomic E-state index is 0.0310. The van der Waals surface area contributed by atoms with E-state index in [0.29, 0.717) is 0 Å². The molecule has 0 fully saturated rings. The summed E-state index contributed by atoms with van der Waals surface area (Å²) in [6, 6.07) is 14.0. The molecule has 1 N–H and O–H groups in total. The van der Waals surface area contributed by atoms with Gasteiger partial charge in [0.2, 0.25) is 0 Å². The molecular formula is C13H14O2. The molecule has 0 aliphatic rings. The fraction of sp³-hybridized carbons (Fsp3) is 0.231. The topological polar surface area (TPSA) is 29.5 Å². The third kappa shape index (κ3) is 2.10. The molecule has 2 heteroatoms. The maximum absolute atomic E-state index is 8.94. The van der Waals surface area contributed by atoms with Crippen LogP contribution in [0, 0.1) is 0 Å². The van der Waals surface area contributed by atoms with E-state index in [1.165, 1.54) is 0 Å². The summed E-state index contributed by atoms with van der Waals surface area (Å²) in [5.74, 6) is 0.828. The second kappa shape index (κ2) is 4.32. The van der Waals surface area contributed by atoms with Crippen LogP contribution < -0.4 is 4.74 Å². The molecule has 0 heterocycles. The van der Waals surface area contributed by atoms with Crippen LogP contribution in [0.3, 0.4) is 0 Å². The van der Waals surface area contributed by atoms with E-state index in [9.17, 15) is 0 Å². The Morgan fingerprint density at radius 1 is 1.13 bits per heavy atom. The molecule has 0 amide bonds. The zero-order chi connectivity index (χ0) is 10.7. The summed E-state index contributed by atoms with van der Waals surface area (Å²) in [6.45, 7) is 1.88. The van der Waals surface area contributed by atoms with Gasteiger partial charge in [-0.05, 0) is 18.4 Å². The van der Waals surface area contributed by atoms with Crippen LogP contribution in [-0.2, 0) is 0 Å². The van der Waals surface area contributed by atoms with Crippen LogP contribution in [-0.4, -0.2) is 17.8 Å². The van der Waals surface area contributed by atoms with Crippen LogP contribution in [0.25, 0.3) is 10.8 Å². The first-order valence-corrected chi connectivity index (χ1v) is 5.06. The third-order valence-electron chi connectivity index (χ3n) is 2.33. The van der Waals surface area contributed by atoms with Crippen molar-refractivity contribution in [3.8, 4) is 5.75 Å². The molecular weight excluding hydrogens is 188 g/mol. The van der Waals surface area contributed by atoms with Crippen molar-refractivity contribution in [2.45, 2.75) is 13.0 Å². The van der Waals surface area contributed by atoms with Crippen molar-refractivity contribution in [2.75, 3.05) is 6.61 Å². The lowest BCUT2D eigenvalue weighted by molar-refractivity contribution is 0.131. The van der Waals surface area contributed by atoms with Gasteiger partial charge >= 0.3 is 0 Å². The Balaban J connectivity index is 2.42. The highest BCUT2D eigenvalue weighted by molar-refractivity contribution is 5.88. The first kappa shape index (κ1) is 9.99. The van der Waals surface area contributed by atoms with Crippen molar-refractivity contribution in [2.24, 2.45) is 0 Å². The molecule has 1 atom stereocenters. The minimum Gasteiger partial charge on any atom is -0.488 e. The molecule has 0 aromatic heterocycles. The molecule has 0 saturated heterocycles. The highest BCUT2D eigenvalue weighted by Crippen LogP contribution is 2.25. The van der Waals surface area contributed by atoms with Crippen LogP contribution in [0.2, 0.25) is 0 Å². The molecule has 78 valence electrons. The molecule has 0 spiro atoms. The smallest absolute Gasteiger partial charge is 0.127 e. The van der Waals surface area contributed by atoms with Crippen LogP contribution in [0.1, 0.15) is 6.92 Å². The Labute approximate surface area is 89.1 Å². The van der Waals surface area contributed by atoms with E-state index >= 15 is 0 Å². The number of ether oxygens (including phenoxy) is 1. The number of aliphatic hydroxyl groups excluding tert-OH is 1. The van der Waals surface area contributed by atoms with E-state index in [1.807, 2.05) is 49.4 Å². The number of hydrogen-bond acceptors (Lipinski definition) is 2. The van der Waals surface area contributed by atoms with E-state index in [0.717, 1.165) is 16.5 Å². The number of hydrogen-bond donors (Lipinski definition) is 1. The van der Waals surface area contributed by atoms with Crippen molar-refractivity contribution in [1.82, 2.24) is 0 Å². The van der Waals surface area contributed by atoms with E-state index < -0.39 is 0 Å². The standard InChI is InChI=1S/C13H14O2/c1-10(9-14)15-13-8-4-6-11-5-2-3-7-12(11)13/h2-8,10,14H,9H2,1H3. The Hall–Kier alpha value is -1.54. The lowest BCUT2D eigenvalue weighted by Crippen LogP contribution is -2.16. The Kier molecular flexibility index (Phi) is 2.88. The fourth-order valence-corrected chi connectivity index (χ4v) is 1.55. The average molecular weight is 202 g/mol. The first-order chi connectivity index (χ1) is 7.31. The predicted molar refractivity (Wildman–Crippen MR) is 61.1 cm³/mol. The molecule has 0 saturated carbocycles. The molecule has 2 nitrogen and oxygen atoms in total. The van der Waals surface area contributed by atoms with Gasteiger partial charge in [-0.15, -0.1) is 0 Å². The van der Waals surface area contributed by atoms with Gasteiger partial charge in [-0.25, -0.2) is 0 Å². The molecule has 0 aliphatic heterocycles. The van der Waals surface area contributed by atoms with Gasteiger partial charge in [0.05, 0.1) is 6.61 Å². The van der Waals surface area contributed by atoms with Crippen molar-refractivity contribution in [3.05, 3.63) is 42.5 Å². The summed E-state index contributed by atoms with van der Waals surface area (Å²) in [6.07, 6.45) is -0.171. The van der Waals surface area contributed by atoms with Gasteiger partial charge in [-0.2, -0.15) is 0 Å². The van der Waals surface area contributed by atoms with Crippen molar-refractivity contribution >= 4 is 10.8 Å². The van der Waals surface area contributed by atoms with Gasteiger partial charge < -0.3 is 9.84 Å². The largest absolute Gasteiger partial charge is 0.488 e. The molecule has 0 aliphatic carbocycles. The first-order valence-electron chi connectivity index (χ1n) is 5.06. The van der Waals surface area contributed by atoms with Gasteiger partial charge in [0.1, 0.15) is 11.9 Å². The maximum atomic E-state index is 8.94. The SMILES string of the molecule is CC(CO)Oc1cccc2ccccc12. The van der Waals surface area contributed by atoms with E-state index in [4.69, 9.17) is 9.84 Å². The highest BCUT2D eigenvalue weighted by Gasteiger charge is 2.05. The second-order valence-electron chi connectivity index (χ2n) is 3.59. The summed E-state index contributed by atoms with van der Waals surface area (Å²) in [5.41, 5.74) is 0. The Morgan fingerprint density at radius 3 is 2.67 bits per heavy atom. The number of aliphatic hydroxyl groups is 1.